The van der Waals surface area contributed by atoms with Crippen LogP contribution in [0.2, 0.25) is 0 Å². The SMILES string of the molecule is CCCCOCCC1(CBr)CCCc2ccccc21. The molecule has 106 valence electrons. The van der Waals surface area contributed by atoms with E-state index in [0.717, 1.165) is 25.0 Å². The van der Waals surface area contributed by atoms with E-state index in [1.165, 1.54) is 32.1 Å². The number of rotatable bonds is 7. The van der Waals surface area contributed by atoms with E-state index >= 15 is 0 Å². The summed E-state index contributed by atoms with van der Waals surface area (Å²) < 4.78 is 5.80. The lowest BCUT2D eigenvalue weighted by molar-refractivity contribution is 0.111. The summed E-state index contributed by atoms with van der Waals surface area (Å²) in [5.74, 6) is 0. The van der Waals surface area contributed by atoms with Crippen molar-refractivity contribution in [3.63, 3.8) is 0 Å². The zero-order valence-corrected chi connectivity index (χ0v) is 13.5. The van der Waals surface area contributed by atoms with Crippen LogP contribution in [0.3, 0.4) is 0 Å². The van der Waals surface area contributed by atoms with Gasteiger partial charge in [0.05, 0.1) is 0 Å². The van der Waals surface area contributed by atoms with Crippen molar-refractivity contribution in [1.82, 2.24) is 0 Å². The summed E-state index contributed by atoms with van der Waals surface area (Å²) in [6, 6.07) is 8.96. The fraction of sp³-hybridized carbons (Fsp3) is 0.647. The Bertz CT molecular complexity index is 391. The maximum atomic E-state index is 5.80. The molecule has 0 radical (unpaired) electrons. The Morgan fingerprint density at radius 3 is 2.89 bits per heavy atom. The van der Waals surface area contributed by atoms with Crippen LogP contribution in [0.15, 0.2) is 24.3 Å². The van der Waals surface area contributed by atoms with Crippen molar-refractivity contribution in [1.29, 1.82) is 0 Å². The number of halogens is 1. The normalized spacial score (nSPS) is 22.2. The van der Waals surface area contributed by atoms with Crippen molar-refractivity contribution in [3.05, 3.63) is 35.4 Å². The zero-order valence-electron chi connectivity index (χ0n) is 12.0. The Hall–Kier alpha value is -0.340. The molecule has 0 heterocycles. The summed E-state index contributed by atoms with van der Waals surface area (Å²) in [7, 11) is 0. The Morgan fingerprint density at radius 1 is 1.26 bits per heavy atom. The highest BCUT2D eigenvalue weighted by Gasteiger charge is 2.34. The highest BCUT2D eigenvalue weighted by Crippen LogP contribution is 2.41. The van der Waals surface area contributed by atoms with Crippen LogP contribution in [-0.2, 0) is 16.6 Å². The Labute approximate surface area is 125 Å². The molecule has 0 saturated heterocycles. The fourth-order valence-electron chi connectivity index (χ4n) is 3.09. The van der Waals surface area contributed by atoms with Crippen molar-refractivity contribution in [3.8, 4) is 0 Å². The molecule has 0 N–H and O–H groups in total. The van der Waals surface area contributed by atoms with Gasteiger partial charge in [0.15, 0.2) is 0 Å². The van der Waals surface area contributed by atoms with Gasteiger partial charge in [-0.1, -0.05) is 53.5 Å². The molecular weight excluding hydrogens is 300 g/mol. The molecule has 1 unspecified atom stereocenters. The lowest BCUT2D eigenvalue weighted by Crippen LogP contribution is -2.34. The number of hydrogen-bond donors (Lipinski definition) is 0. The molecule has 0 spiro atoms. The molecule has 0 fully saturated rings. The predicted molar refractivity (Wildman–Crippen MR) is 85.2 cm³/mol. The van der Waals surface area contributed by atoms with E-state index in [2.05, 4.69) is 47.1 Å². The molecule has 2 rings (SSSR count). The highest BCUT2D eigenvalue weighted by atomic mass is 79.9. The van der Waals surface area contributed by atoms with Crippen LogP contribution in [0.5, 0.6) is 0 Å². The molecule has 2 heteroatoms. The van der Waals surface area contributed by atoms with E-state index in [9.17, 15) is 0 Å². The number of fused-ring (bicyclic) bond motifs is 1. The minimum Gasteiger partial charge on any atom is -0.381 e. The van der Waals surface area contributed by atoms with Gasteiger partial charge in [-0.25, -0.2) is 0 Å². The second-order valence-corrected chi connectivity index (χ2v) is 6.20. The summed E-state index contributed by atoms with van der Waals surface area (Å²) in [5, 5.41) is 1.05. The van der Waals surface area contributed by atoms with Gasteiger partial charge in [0, 0.05) is 24.0 Å². The highest BCUT2D eigenvalue weighted by molar-refractivity contribution is 9.09. The molecule has 1 aromatic rings. The van der Waals surface area contributed by atoms with Gasteiger partial charge in [0.25, 0.3) is 0 Å². The molecule has 0 amide bonds. The topological polar surface area (TPSA) is 9.23 Å². The van der Waals surface area contributed by atoms with Crippen molar-refractivity contribution >= 4 is 15.9 Å². The average molecular weight is 325 g/mol. The van der Waals surface area contributed by atoms with Crippen LogP contribution >= 0.6 is 15.9 Å². The summed E-state index contributed by atoms with van der Waals surface area (Å²) in [6.45, 7) is 4.01. The minimum absolute atomic E-state index is 0.293. The van der Waals surface area contributed by atoms with Crippen LogP contribution in [0.1, 0.15) is 50.2 Å². The Kier molecular flexibility index (Phi) is 5.90. The molecule has 1 aliphatic carbocycles. The van der Waals surface area contributed by atoms with Gasteiger partial charge in [0.2, 0.25) is 0 Å². The zero-order chi connectivity index (χ0) is 13.6. The van der Waals surface area contributed by atoms with E-state index in [1.54, 1.807) is 11.1 Å². The van der Waals surface area contributed by atoms with Gasteiger partial charge in [-0.3, -0.25) is 0 Å². The van der Waals surface area contributed by atoms with Crippen LogP contribution < -0.4 is 0 Å². The van der Waals surface area contributed by atoms with E-state index in [-0.39, 0.29) is 0 Å². The summed E-state index contributed by atoms with van der Waals surface area (Å²) in [5.41, 5.74) is 3.39. The van der Waals surface area contributed by atoms with Crippen LogP contribution in [0.4, 0.5) is 0 Å². The molecule has 1 nitrogen and oxygen atoms in total. The molecule has 0 aromatic heterocycles. The number of hydrogen-bond acceptors (Lipinski definition) is 1. The number of unbranched alkanes of at least 4 members (excludes halogenated alkanes) is 1. The van der Waals surface area contributed by atoms with E-state index in [1.807, 2.05) is 0 Å². The van der Waals surface area contributed by atoms with Crippen LogP contribution in [-0.4, -0.2) is 18.5 Å². The largest absolute Gasteiger partial charge is 0.381 e. The third-order valence-corrected chi connectivity index (χ3v) is 5.39. The standard InChI is InChI=1S/C17H25BrO/c1-2-3-12-19-13-11-17(14-18)10-6-8-15-7-4-5-9-16(15)17/h4-5,7,9H,2-3,6,8,10-14H2,1H3. The fourth-order valence-corrected chi connectivity index (χ4v) is 3.95. The van der Waals surface area contributed by atoms with Gasteiger partial charge in [-0.2, -0.15) is 0 Å². The summed E-state index contributed by atoms with van der Waals surface area (Å²) in [6.07, 6.45) is 7.36. The average Bonchev–Trinajstić information content (AvgIpc) is 2.47. The lowest BCUT2D eigenvalue weighted by Gasteiger charge is -2.38. The monoisotopic (exact) mass is 324 g/mol. The van der Waals surface area contributed by atoms with Crippen molar-refractivity contribution in [2.45, 2.75) is 50.9 Å². The lowest BCUT2D eigenvalue weighted by atomic mass is 9.69. The summed E-state index contributed by atoms with van der Waals surface area (Å²) >= 11 is 3.77. The molecule has 1 aliphatic rings. The maximum Gasteiger partial charge on any atom is 0.0474 e. The van der Waals surface area contributed by atoms with Crippen molar-refractivity contribution in [2.75, 3.05) is 18.5 Å². The van der Waals surface area contributed by atoms with Gasteiger partial charge < -0.3 is 4.74 Å². The third-order valence-electron chi connectivity index (χ3n) is 4.31. The Morgan fingerprint density at radius 2 is 2.11 bits per heavy atom. The van der Waals surface area contributed by atoms with E-state index < -0.39 is 0 Å². The molecule has 0 bridgehead atoms. The molecular formula is C17H25BrO. The van der Waals surface area contributed by atoms with E-state index in [0.29, 0.717) is 5.41 Å². The molecule has 0 saturated carbocycles. The second kappa shape index (κ2) is 7.44. The predicted octanol–water partition coefficient (Wildman–Crippen LogP) is 4.86. The number of ether oxygens (including phenoxy) is 1. The smallest absolute Gasteiger partial charge is 0.0474 e. The quantitative estimate of drug-likeness (QED) is 0.514. The second-order valence-electron chi connectivity index (χ2n) is 5.64. The molecule has 19 heavy (non-hydrogen) atoms. The maximum absolute atomic E-state index is 5.80. The minimum atomic E-state index is 0.293. The molecule has 1 aromatic carbocycles. The third kappa shape index (κ3) is 3.61. The first-order chi connectivity index (χ1) is 9.32. The number of benzene rings is 1. The Balaban J connectivity index is 2.02. The first-order valence-corrected chi connectivity index (χ1v) is 8.66. The molecule has 1 atom stereocenters. The number of aryl methyl sites for hydroxylation is 1. The van der Waals surface area contributed by atoms with Gasteiger partial charge in [-0.05, 0) is 43.2 Å². The first-order valence-electron chi connectivity index (χ1n) is 7.54. The molecule has 0 aliphatic heterocycles. The summed E-state index contributed by atoms with van der Waals surface area (Å²) in [4.78, 5) is 0. The number of alkyl halides is 1. The van der Waals surface area contributed by atoms with Gasteiger partial charge >= 0.3 is 0 Å². The van der Waals surface area contributed by atoms with E-state index in [4.69, 9.17) is 4.74 Å². The van der Waals surface area contributed by atoms with Crippen LogP contribution in [0, 0.1) is 0 Å². The van der Waals surface area contributed by atoms with Crippen LogP contribution in [0.25, 0.3) is 0 Å². The van der Waals surface area contributed by atoms with Gasteiger partial charge in [-0.15, -0.1) is 0 Å². The van der Waals surface area contributed by atoms with Crippen molar-refractivity contribution in [2.24, 2.45) is 0 Å². The first kappa shape index (κ1) is 15.1. The van der Waals surface area contributed by atoms with Crippen molar-refractivity contribution < 1.29 is 4.74 Å². The van der Waals surface area contributed by atoms with Gasteiger partial charge in [0.1, 0.15) is 0 Å².